The highest BCUT2D eigenvalue weighted by molar-refractivity contribution is 8.93. The maximum Gasteiger partial charge on any atom is 0.165 e. The first kappa shape index (κ1) is 28.4. The molecule has 192 valence electrons. The van der Waals surface area contributed by atoms with E-state index in [1.807, 2.05) is 24.3 Å². The van der Waals surface area contributed by atoms with Gasteiger partial charge in [-0.15, -0.1) is 17.0 Å². The molecule has 0 saturated carbocycles. The Bertz CT molecular complexity index is 1210. The smallest absolute Gasteiger partial charge is 0.165 e. The highest BCUT2D eigenvalue weighted by Crippen LogP contribution is 2.26. The third-order valence-electron chi connectivity index (χ3n) is 5.77. The van der Waals surface area contributed by atoms with Gasteiger partial charge in [-0.25, -0.2) is 4.99 Å². The van der Waals surface area contributed by atoms with Gasteiger partial charge in [-0.2, -0.15) is 0 Å². The maximum absolute atomic E-state index is 5.36. The van der Waals surface area contributed by atoms with E-state index >= 15 is 0 Å². The Morgan fingerprint density at radius 2 is 1.27 bits per heavy atom. The average molecular weight is 578 g/mol. The van der Waals surface area contributed by atoms with Gasteiger partial charge in [-0.1, -0.05) is 78.5 Å². The average Bonchev–Trinajstić information content (AvgIpc) is 2.92. The molecule has 0 spiro atoms. The molecular formula is C31H33BrN2O2S. The molecule has 4 nitrogen and oxygen atoms in total. The fraction of sp³-hybridized carbons (Fsp3) is 0.194. The van der Waals surface area contributed by atoms with Crippen LogP contribution >= 0.6 is 28.7 Å². The van der Waals surface area contributed by atoms with Crippen LogP contribution < -0.4 is 9.47 Å². The lowest BCUT2D eigenvalue weighted by atomic mass is 10.1. The summed E-state index contributed by atoms with van der Waals surface area (Å²) < 4.78 is 10.7. The zero-order chi connectivity index (χ0) is 25.2. The van der Waals surface area contributed by atoms with Crippen LogP contribution in [0.4, 0.5) is 5.69 Å². The summed E-state index contributed by atoms with van der Waals surface area (Å²) in [6.45, 7) is 3.55. The predicted molar refractivity (Wildman–Crippen MR) is 162 cm³/mol. The van der Waals surface area contributed by atoms with E-state index in [1.54, 1.807) is 26.0 Å². The molecule has 0 saturated heterocycles. The van der Waals surface area contributed by atoms with Crippen LogP contribution in [0.5, 0.6) is 11.5 Å². The summed E-state index contributed by atoms with van der Waals surface area (Å²) in [5.41, 5.74) is 5.82. The van der Waals surface area contributed by atoms with Crippen molar-refractivity contribution in [1.29, 1.82) is 0 Å². The van der Waals surface area contributed by atoms with E-state index in [1.165, 1.54) is 22.3 Å². The molecule has 4 rings (SSSR count). The van der Waals surface area contributed by atoms with Crippen molar-refractivity contribution in [2.45, 2.75) is 25.8 Å². The van der Waals surface area contributed by atoms with Crippen molar-refractivity contribution in [1.82, 2.24) is 4.90 Å². The summed E-state index contributed by atoms with van der Waals surface area (Å²) in [4.78, 5) is 7.50. The van der Waals surface area contributed by atoms with Crippen LogP contribution in [0.3, 0.4) is 0 Å². The first-order valence-corrected chi connectivity index (χ1v) is 12.9. The SMILES string of the molecule is Br.COc1ccc(CN(Cc2ccc(OC)cc2)C(=Nc2cccc(C)c2)SCc2ccccc2)cc1. The number of halogens is 1. The summed E-state index contributed by atoms with van der Waals surface area (Å²) >= 11 is 1.76. The van der Waals surface area contributed by atoms with E-state index in [0.717, 1.165) is 41.2 Å². The Morgan fingerprint density at radius 3 is 1.78 bits per heavy atom. The van der Waals surface area contributed by atoms with Crippen LogP contribution in [-0.4, -0.2) is 24.3 Å². The quantitative estimate of drug-likeness (QED) is 0.148. The normalized spacial score (nSPS) is 10.9. The van der Waals surface area contributed by atoms with E-state index in [9.17, 15) is 0 Å². The molecule has 0 unspecified atom stereocenters. The number of nitrogens with zero attached hydrogens (tertiary/aromatic N) is 2. The fourth-order valence-corrected chi connectivity index (χ4v) is 4.79. The number of ether oxygens (including phenoxy) is 2. The number of methoxy groups -OCH3 is 2. The van der Waals surface area contributed by atoms with Gasteiger partial charge >= 0.3 is 0 Å². The molecule has 6 heteroatoms. The monoisotopic (exact) mass is 576 g/mol. The standard InChI is InChI=1S/C31H32N2O2S.BrH/c1-24-8-7-11-28(20-24)32-31(36-23-27-9-5-4-6-10-27)33(21-25-12-16-29(34-2)17-13-25)22-26-14-18-30(35-3)19-15-26;/h4-20H,21-23H2,1-3H3;1H. The van der Waals surface area contributed by atoms with E-state index < -0.39 is 0 Å². The van der Waals surface area contributed by atoms with Gasteiger partial charge in [0.05, 0.1) is 19.9 Å². The summed E-state index contributed by atoms with van der Waals surface area (Å²) in [5, 5.41) is 0.982. The van der Waals surface area contributed by atoms with E-state index in [2.05, 4.69) is 90.7 Å². The van der Waals surface area contributed by atoms with Crippen molar-refractivity contribution in [2.75, 3.05) is 14.2 Å². The summed E-state index contributed by atoms with van der Waals surface area (Å²) in [6.07, 6.45) is 0. The molecule has 0 atom stereocenters. The first-order chi connectivity index (χ1) is 17.6. The number of thioether (sulfide) groups is 1. The molecule has 37 heavy (non-hydrogen) atoms. The first-order valence-electron chi connectivity index (χ1n) is 12.0. The van der Waals surface area contributed by atoms with Gasteiger partial charge in [0.25, 0.3) is 0 Å². The van der Waals surface area contributed by atoms with E-state index in [4.69, 9.17) is 14.5 Å². The lowest BCUT2D eigenvalue weighted by Crippen LogP contribution is -2.28. The van der Waals surface area contributed by atoms with Crippen LogP contribution in [0.1, 0.15) is 22.3 Å². The minimum atomic E-state index is 0. The van der Waals surface area contributed by atoms with Gasteiger partial charge in [-0.3, -0.25) is 0 Å². The topological polar surface area (TPSA) is 34.1 Å². The Balaban J connectivity index is 0.00000380. The molecule has 0 aliphatic heterocycles. The molecule has 0 aliphatic rings. The number of benzene rings is 4. The largest absolute Gasteiger partial charge is 0.497 e. The van der Waals surface area contributed by atoms with Crippen LogP contribution in [0.15, 0.2) is 108 Å². The Hall–Kier alpha value is -3.22. The van der Waals surface area contributed by atoms with Crippen molar-refractivity contribution in [2.24, 2.45) is 4.99 Å². The van der Waals surface area contributed by atoms with Crippen molar-refractivity contribution in [3.8, 4) is 11.5 Å². The number of aryl methyl sites for hydroxylation is 1. The third-order valence-corrected chi connectivity index (χ3v) is 6.86. The minimum Gasteiger partial charge on any atom is -0.497 e. The number of aliphatic imine (C=N–C) groups is 1. The molecule has 0 heterocycles. The molecule has 0 fully saturated rings. The Labute approximate surface area is 235 Å². The summed E-state index contributed by atoms with van der Waals surface area (Å²) in [5.74, 6) is 2.55. The number of hydrogen-bond donors (Lipinski definition) is 0. The van der Waals surface area contributed by atoms with Gasteiger partial charge in [-0.05, 0) is 65.6 Å². The van der Waals surface area contributed by atoms with Gasteiger partial charge in [0.2, 0.25) is 0 Å². The summed E-state index contributed by atoms with van der Waals surface area (Å²) in [7, 11) is 3.38. The van der Waals surface area contributed by atoms with Crippen molar-refractivity contribution in [3.05, 3.63) is 125 Å². The van der Waals surface area contributed by atoms with Crippen LogP contribution in [0.25, 0.3) is 0 Å². The molecule has 0 radical (unpaired) electrons. The zero-order valence-electron chi connectivity index (χ0n) is 21.5. The number of hydrogen-bond acceptors (Lipinski definition) is 4. The lowest BCUT2D eigenvalue weighted by Gasteiger charge is -2.26. The van der Waals surface area contributed by atoms with E-state index in [0.29, 0.717) is 0 Å². The molecule has 0 aromatic heterocycles. The summed E-state index contributed by atoms with van der Waals surface area (Å²) in [6, 6.07) is 35.4. The molecule has 0 aliphatic carbocycles. The maximum atomic E-state index is 5.36. The number of amidine groups is 1. The second kappa shape index (κ2) is 14.5. The molecule has 4 aromatic rings. The van der Waals surface area contributed by atoms with Gasteiger partial charge in [0.1, 0.15) is 11.5 Å². The highest BCUT2D eigenvalue weighted by Gasteiger charge is 2.15. The predicted octanol–water partition coefficient (Wildman–Crippen LogP) is 8.21. The van der Waals surface area contributed by atoms with Crippen molar-refractivity contribution >= 4 is 39.6 Å². The second-order valence-corrected chi connectivity index (χ2v) is 9.50. The highest BCUT2D eigenvalue weighted by atomic mass is 79.9. The van der Waals surface area contributed by atoms with Gasteiger partial charge < -0.3 is 14.4 Å². The zero-order valence-corrected chi connectivity index (χ0v) is 24.0. The van der Waals surface area contributed by atoms with Crippen LogP contribution in [-0.2, 0) is 18.8 Å². The Kier molecular flexibility index (Phi) is 11.1. The van der Waals surface area contributed by atoms with Gasteiger partial charge in [0, 0.05) is 18.8 Å². The van der Waals surface area contributed by atoms with Crippen molar-refractivity contribution < 1.29 is 9.47 Å². The Morgan fingerprint density at radius 1 is 0.703 bits per heavy atom. The minimum absolute atomic E-state index is 0. The lowest BCUT2D eigenvalue weighted by molar-refractivity contribution is 0.405. The molecule has 0 amide bonds. The molecule has 0 bridgehead atoms. The molecular weight excluding hydrogens is 544 g/mol. The second-order valence-electron chi connectivity index (χ2n) is 8.56. The van der Waals surface area contributed by atoms with E-state index in [-0.39, 0.29) is 17.0 Å². The number of rotatable bonds is 9. The van der Waals surface area contributed by atoms with Crippen LogP contribution in [0, 0.1) is 6.92 Å². The van der Waals surface area contributed by atoms with Crippen molar-refractivity contribution in [3.63, 3.8) is 0 Å². The molecule has 4 aromatic carbocycles. The fourth-order valence-electron chi connectivity index (χ4n) is 3.82. The van der Waals surface area contributed by atoms with Gasteiger partial charge in [0.15, 0.2) is 5.17 Å². The third kappa shape index (κ3) is 8.69. The van der Waals surface area contributed by atoms with Crippen LogP contribution in [0.2, 0.25) is 0 Å². The molecule has 0 N–H and O–H groups in total.